The number of furan rings is 1. The van der Waals surface area contributed by atoms with E-state index in [0.29, 0.717) is 21.8 Å². The Morgan fingerprint density at radius 2 is 2.20 bits per heavy atom. The first kappa shape index (κ1) is 12.2. The van der Waals surface area contributed by atoms with Gasteiger partial charge in [-0.05, 0) is 23.9 Å². The minimum Gasteiger partial charge on any atom is -0.461 e. The summed E-state index contributed by atoms with van der Waals surface area (Å²) in [6.45, 7) is 0. The number of nitrogens with zero attached hydrogens (tertiary/aromatic N) is 6. The van der Waals surface area contributed by atoms with Gasteiger partial charge in [-0.1, -0.05) is 0 Å². The SMILES string of the molecule is N#Cc1cnc(Sc2nnc(-c3ccco3)n2N)cn1. The van der Waals surface area contributed by atoms with Gasteiger partial charge in [0, 0.05) is 0 Å². The van der Waals surface area contributed by atoms with Crippen LogP contribution >= 0.6 is 11.8 Å². The molecule has 0 atom stereocenters. The van der Waals surface area contributed by atoms with Gasteiger partial charge in [0.2, 0.25) is 11.0 Å². The minimum absolute atomic E-state index is 0.250. The maximum absolute atomic E-state index is 8.66. The lowest BCUT2D eigenvalue weighted by molar-refractivity contribution is 0.574. The van der Waals surface area contributed by atoms with Crippen molar-refractivity contribution in [3.8, 4) is 17.7 Å². The summed E-state index contributed by atoms with van der Waals surface area (Å²) >= 11 is 1.19. The highest BCUT2D eigenvalue weighted by atomic mass is 32.2. The van der Waals surface area contributed by atoms with Gasteiger partial charge < -0.3 is 10.3 Å². The largest absolute Gasteiger partial charge is 0.461 e. The van der Waals surface area contributed by atoms with E-state index in [2.05, 4.69) is 20.2 Å². The van der Waals surface area contributed by atoms with E-state index in [9.17, 15) is 0 Å². The first-order chi connectivity index (χ1) is 9.78. The van der Waals surface area contributed by atoms with Crippen LogP contribution in [0.1, 0.15) is 5.69 Å². The molecule has 0 aromatic carbocycles. The summed E-state index contributed by atoms with van der Waals surface area (Å²) in [6, 6.07) is 5.38. The number of nitrogens with two attached hydrogens (primary N) is 1. The summed E-state index contributed by atoms with van der Waals surface area (Å²) in [5, 5.41) is 17.6. The van der Waals surface area contributed by atoms with Gasteiger partial charge in [0.05, 0.1) is 18.7 Å². The normalized spacial score (nSPS) is 10.3. The maximum atomic E-state index is 8.66. The molecule has 0 spiro atoms. The Morgan fingerprint density at radius 3 is 2.85 bits per heavy atom. The Kier molecular flexibility index (Phi) is 3.06. The molecule has 3 aromatic heterocycles. The minimum atomic E-state index is 0.250. The van der Waals surface area contributed by atoms with E-state index < -0.39 is 0 Å². The van der Waals surface area contributed by atoms with Gasteiger partial charge in [0.1, 0.15) is 11.1 Å². The first-order valence-electron chi connectivity index (χ1n) is 5.42. The van der Waals surface area contributed by atoms with Crippen molar-refractivity contribution in [1.82, 2.24) is 24.8 Å². The summed E-state index contributed by atoms with van der Waals surface area (Å²) in [4.78, 5) is 7.99. The van der Waals surface area contributed by atoms with Crippen LogP contribution in [-0.4, -0.2) is 24.8 Å². The van der Waals surface area contributed by atoms with Crippen molar-refractivity contribution in [2.75, 3.05) is 5.84 Å². The van der Waals surface area contributed by atoms with Crippen molar-refractivity contribution in [3.05, 3.63) is 36.5 Å². The van der Waals surface area contributed by atoms with Crippen molar-refractivity contribution in [1.29, 1.82) is 5.26 Å². The second kappa shape index (κ2) is 5.02. The van der Waals surface area contributed by atoms with Crippen LogP contribution in [0, 0.1) is 11.3 Å². The monoisotopic (exact) mass is 285 g/mol. The fraction of sp³-hybridized carbons (Fsp3) is 0. The van der Waals surface area contributed by atoms with Crippen LogP contribution in [0.25, 0.3) is 11.6 Å². The smallest absolute Gasteiger partial charge is 0.218 e. The van der Waals surface area contributed by atoms with Gasteiger partial charge in [-0.15, -0.1) is 10.2 Å². The Labute approximate surface area is 117 Å². The number of hydrogen-bond acceptors (Lipinski definition) is 8. The van der Waals surface area contributed by atoms with Gasteiger partial charge in [0.15, 0.2) is 11.5 Å². The number of rotatable bonds is 3. The summed E-state index contributed by atoms with van der Waals surface area (Å²) in [7, 11) is 0. The quantitative estimate of drug-likeness (QED) is 0.709. The second-order valence-electron chi connectivity index (χ2n) is 3.61. The highest BCUT2D eigenvalue weighted by Crippen LogP contribution is 2.26. The first-order valence-corrected chi connectivity index (χ1v) is 6.24. The third-order valence-corrected chi connectivity index (χ3v) is 3.23. The van der Waals surface area contributed by atoms with Crippen molar-refractivity contribution in [3.63, 3.8) is 0 Å². The molecule has 0 aliphatic heterocycles. The zero-order valence-corrected chi connectivity index (χ0v) is 10.8. The van der Waals surface area contributed by atoms with Gasteiger partial charge in [-0.25, -0.2) is 14.6 Å². The zero-order valence-electron chi connectivity index (χ0n) is 9.96. The third kappa shape index (κ3) is 2.19. The molecule has 3 aromatic rings. The van der Waals surface area contributed by atoms with Crippen molar-refractivity contribution >= 4 is 11.8 Å². The fourth-order valence-electron chi connectivity index (χ4n) is 1.44. The van der Waals surface area contributed by atoms with Crippen LogP contribution in [0.5, 0.6) is 0 Å². The van der Waals surface area contributed by atoms with Crippen LogP contribution in [0.4, 0.5) is 0 Å². The molecule has 0 amide bonds. The maximum Gasteiger partial charge on any atom is 0.218 e. The topological polar surface area (TPSA) is 119 Å². The van der Waals surface area contributed by atoms with Crippen molar-refractivity contribution < 1.29 is 4.42 Å². The lowest BCUT2D eigenvalue weighted by Crippen LogP contribution is -2.11. The average Bonchev–Trinajstić information content (AvgIpc) is 3.11. The van der Waals surface area contributed by atoms with E-state index >= 15 is 0 Å². The average molecular weight is 285 g/mol. The third-order valence-electron chi connectivity index (χ3n) is 2.34. The predicted octanol–water partition coefficient (Wildman–Crippen LogP) is 1.06. The molecule has 2 N–H and O–H groups in total. The molecule has 9 heteroatoms. The molecule has 0 saturated carbocycles. The van der Waals surface area contributed by atoms with Crippen molar-refractivity contribution in [2.45, 2.75) is 10.2 Å². The van der Waals surface area contributed by atoms with Gasteiger partial charge in [0.25, 0.3) is 0 Å². The lowest BCUT2D eigenvalue weighted by Gasteiger charge is -2.01. The standard InChI is InChI=1S/C11H7N7OS/c12-4-7-5-15-9(6-14-7)20-11-17-16-10(18(11)13)8-2-1-3-19-8/h1-3,5-6H,13H2. The second-order valence-corrected chi connectivity index (χ2v) is 4.59. The molecular formula is C11H7N7OS. The highest BCUT2D eigenvalue weighted by Gasteiger charge is 2.15. The summed E-state index contributed by atoms with van der Waals surface area (Å²) in [6.07, 6.45) is 4.39. The molecule has 0 radical (unpaired) electrons. The Hall–Kier alpha value is -2.86. The molecule has 20 heavy (non-hydrogen) atoms. The van der Waals surface area contributed by atoms with E-state index in [-0.39, 0.29) is 5.69 Å². The van der Waals surface area contributed by atoms with Gasteiger partial charge >= 0.3 is 0 Å². The Balaban J connectivity index is 1.86. The Morgan fingerprint density at radius 1 is 1.30 bits per heavy atom. The van der Waals surface area contributed by atoms with E-state index in [1.165, 1.54) is 35.1 Å². The molecule has 8 nitrogen and oxygen atoms in total. The number of aromatic nitrogens is 5. The molecule has 0 saturated heterocycles. The zero-order chi connectivity index (χ0) is 13.9. The van der Waals surface area contributed by atoms with Crippen LogP contribution in [0.15, 0.2) is 45.4 Å². The van der Waals surface area contributed by atoms with Crippen LogP contribution in [-0.2, 0) is 0 Å². The fourth-order valence-corrected chi connectivity index (χ4v) is 2.10. The lowest BCUT2D eigenvalue weighted by atomic mass is 10.4. The Bertz CT molecular complexity index is 757. The highest BCUT2D eigenvalue weighted by molar-refractivity contribution is 7.99. The number of nitriles is 1. The summed E-state index contributed by atoms with van der Waals surface area (Å²) in [5.41, 5.74) is 0.250. The molecule has 0 unspecified atom stereocenters. The summed E-state index contributed by atoms with van der Waals surface area (Å²) in [5.74, 6) is 6.85. The molecule has 3 rings (SSSR count). The van der Waals surface area contributed by atoms with E-state index in [1.54, 1.807) is 12.1 Å². The van der Waals surface area contributed by atoms with Crippen LogP contribution in [0.2, 0.25) is 0 Å². The molecule has 98 valence electrons. The van der Waals surface area contributed by atoms with Crippen LogP contribution in [0.3, 0.4) is 0 Å². The molecule has 0 aliphatic carbocycles. The van der Waals surface area contributed by atoms with E-state index in [0.717, 1.165) is 0 Å². The molecule has 0 bridgehead atoms. The van der Waals surface area contributed by atoms with Crippen molar-refractivity contribution in [2.24, 2.45) is 0 Å². The molecule has 0 aliphatic rings. The van der Waals surface area contributed by atoms with Crippen LogP contribution < -0.4 is 5.84 Å². The van der Waals surface area contributed by atoms with E-state index in [4.69, 9.17) is 15.5 Å². The summed E-state index contributed by atoms with van der Waals surface area (Å²) < 4.78 is 6.53. The predicted molar refractivity (Wildman–Crippen MR) is 68.7 cm³/mol. The number of nitrogen functional groups attached to an aromatic ring is 1. The molecular weight excluding hydrogens is 278 g/mol. The van der Waals surface area contributed by atoms with Gasteiger partial charge in [-0.2, -0.15) is 5.26 Å². The van der Waals surface area contributed by atoms with Gasteiger partial charge in [-0.3, -0.25) is 0 Å². The number of hydrogen-bond donors (Lipinski definition) is 1. The molecule has 3 heterocycles. The molecule has 0 fully saturated rings. The van der Waals surface area contributed by atoms with E-state index in [1.807, 2.05) is 6.07 Å².